The maximum Gasteiger partial charge on any atom is 2.00 e. The molecule has 3 heterocycles. The summed E-state index contributed by atoms with van der Waals surface area (Å²) < 4.78 is 5.88. The second-order valence-corrected chi connectivity index (χ2v) is 10.1. The fourth-order valence-electron chi connectivity index (χ4n) is 4.74. The van der Waals surface area contributed by atoms with Gasteiger partial charge in [-0.05, 0) is 47.3 Å². The van der Waals surface area contributed by atoms with Crippen LogP contribution in [0.2, 0.25) is 5.02 Å². The van der Waals surface area contributed by atoms with Gasteiger partial charge >= 0.3 is 54.9 Å². The van der Waals surface area contributed by atoms with Crippen LogP contribution in [-0.4, -0.2) is 114 Å². The van der Waals surface area contributed by atoms with E-state index < -0.39 is 11.9 Å². The number of amides is 2. The van der Waals surface area contributed by atoms with Gasteiger partial charge in [-0.25, -0.2) is 4.90 Å². The number of piperazine rings is 1. The van der Waals surface area contributed by atoms with Crippen LogP contribution < -0.4 is 9.80 Å². The van der Waals surface area contributed by atoms with Gasteiger partial charge in [0.05, 0.1) is 23.2 Å². The number of rotatable bonds is 7. The molecule has 36 heavy (non-hydrogen) atoms. The first-order valence-electron chi connectivity index (χ1n) is 11.6. The predicted octanol–water partition coefficient (Wildman–Crippen LogP) is 3.44. The van der Waals surface area contributed by atoms with Gasteiger partial charge in [0, 0.05) is 49.6 Å². The van der Waals surface area contributed by atoms with E-state index in [1.807, 2.05) is 12.1 Å². The second kappa shape index (κ2) is 12.0. The summed E-state index contributed by atoms with van der Waals surface area (Å²) in [5.41, 5.74) is 2.19. The van der Waals surface area contributed by atoms with Gasteiger partial charge in [0.15, 0.2) is 0 Å². The van der Waals surface area contributed by atoms with Crippen LogP contribution in [0, 0.1) is 0 Å². The van der Waals surface area contributed by atoms with Crippen LogP contribution in [0.15, 0.2) is 36.4 Å². The Kier molecular flexibility index (Phi) is 9.16. The van der Waals surface area contributed by atoms with E-state index in [9.17, 15) is 14.4 Å². The molecule has 0 unspecified atom stereocenters. The monoisotopic (exact) mass is 652 g/mol. The Morgan fingerprint density at radius 3 is 2.61 bits per heavy atom. The first-order valence-corrected chi connectivity index (χ1v) is 12.8. The van der Waals surface area contributed by atoms with Gasteiger partial charge in [0.2, 0.25) is 11.8 Å². The van der Waals surface area contributed by atoms with Crippen molar-refractivity contribution in [3.63, 3.8) is 0 Å². The Morgan fingerprint density at radius 2 is 1.86 bits per heavy atom. The van der Waals surface area contributed by atoms with Crippen LogP contribution in [0.4, 0.5) is 11.5 Å². The van der Waals surface area contributed by atoms with E-state index in [0.717, 1.165) is 61.0 Å². The van der Waals surface area contributed by atoms with Crippen molar-refractivity contribution in [1.82, 2.24) is 9.27 Å². The third-order valence-electron chi connectivity index (χ3n) is 6.61. The van der Waals surface area contributed by atoms with Gasteiger partial charge in [-0.1, -0.05) is 29.8 Å². The van der Waals surface area contributed by atoms with Crippen molar-refractivity contribution >= 4 is 111 Å². The quantitative estimate of drug-likeness (QED) is 0.391. The summed E-state index contributed by atoms with van der Waals surface area (Å²) in [6.07, 6.45) is 0.337. The average molecular weight is 652 g/mol. The van der Waals surface area contributed by atoms with Crippen LogP contribution >= 0.6 is 23.1 Å². The number of hydrogen-bond acceptors (Lipinski definition) is 7. The SMILES string of the molecule is O=C(O)CCC(=O)N1C(=O)Cc2cc(CCN3CCN(c4nsc5ccccc45)CC3)c(Cl)cc21.[Ba+2].[H-].[H-]. The number of anilines is 2. The molecule has 1 fully saturated rings. The van der Waals surface area contributed by atoms with Crippen molar-refractivity contribution in [1.29, 1.82) is 0 Å². The summed E-state index contributed by atoms with van der Waals surface area (Å²) >= 11 is 8.08. The Bertz CT molecular complexity index is 1320. The number of aromatic nitrogens is 1. The Labute approximate surface area is 261 Å². The third-order valence-corrected chi connectivity index (χ3v) is 7.78. The number of imide groups is 1. The molecule has 1 aromatic heterocycles. The molecule has 11 heteroatoms. The first kappa shape index (κ1) is 27.6. The van der Waals surface area contributed by atoms with Crippen LogP contribution in [0.25, 0.3) is 10.1 Å². The molecule has 0 radical (unpaired) electrons. The summed E-state index contributed by atoms with van der Waals surface area (Å²) in [5.74, 6) is -0.849. The number of halogens is 1. The molecule has 0 bridgehead atoms. The molecule has 2 amide bonds. The average Bonchev–Trinajstić information content (AvgIpc) is 3.41. The fourth-order valence-corrected chi connectivity index (χ4v) is 5.79. The topological polar surface area (TPSA) is 94.0 Å². The molecule has 0 aliphatic carbocycles. The molecule has 5 rings (SSSR count). The Hall–Kier alpha value is -1.44. The molecule has 2 aliphatic heterocycles. The smallest absolute Gasteiger partial charge is 1.00 e. The maximum absolute atomic E-state index is 12.5. The van der Waals surface area contributed by atoms with Crippen molar-refractivity contribution < 1.29 is 22.3 Å². The molecule has 0 spiro atoms. The molecule has 3 aromatic rings. The van der Waals surface area contributed by atoms with Gasteiger partial charge in [-0.2, -0.15) is 4.37 Å². The number of fused-ring (bicyclic) bond motifs is 2. The zero-order valence-electron chi connectivity index (χ0n) is 21.8. The van der Waals surface area contributed by atoms with E-state index in [4.69, 9.17) is 16.7 Å². The third kappa shape index (κ3) is 5.83. The van der Waals surface area contributed by atoms with Gasteiger partial charge in [0.25, 0.3) is 0 Å². The number of benzene rings is 2. The molecule has 186 valence electrons. The van der Waals surface area contributed by atoms with Gasteiger partial charge in [-0.15, -0.1) is 0 Å². The van der Waals surface area contributed by atoms with Crippen LogP contribution in [0.1, 0.15) is 26.8 Å². The standard InChI is InChI=1S/C25H25ClN4O4S.Ba.2H/c26-19-15-20-17(14-23(32)30(20)22(31)5-6-24(33)34)13-16(19)7-8-28-9-11-29(12-10-28)25-18-3-1-2-4-21(18)35-27-25;;;/h1-4,13,15H,5-12,14H2,(H,33,34);;;/q;+2;2*-1. The van der Waals surface area contributed by atoms with E-state index >= 15 is 0 Å². The Balaban J connectivity index is 0.00000169. The molecular weight excluding hydrogens is 625 g/mol. The summed E-state index contributed by atoms with van der Waals surface area (Å²) in [5, 5.41) is 10.6. The van der Waals surface area contributed by atoms with Gasteiger partial charge in [-0.3, -0.25) is 19.3 Å². The molecule has 8 nitrogen and oxygen atoms in total. The van der Waals surface area contributed by atoms with Gasteiger partial charge < -0.3 is 12.9 Å². The minimum Gasteiger partial charge on any atom is -1.00 e. The number of aliphatic carboxylic acids is 1. The summed E-state index contributed by atoms with van der Waals surface area (Å²) in [6, 6.07) is 11.9. The number of carbonyl (C=O) groups is 3. The summed E-state index contributed by atoms with van der Waals surface area (Å²) in [4.78, 5) is 41.5. The predicted molar refractivity (Wildman–Crippen MR) is 144 cm³/mol. The molecule has 0 saturated carbocycles. The number of carbonyl (C=O) groups excluding carboxylic acids is 2. The van der Waals surface area contributed by atoms with Crippen molar-refractivity contribution in [2.24, 2.45) is 0 Å². The number of carboxylic acids is 1. The van der Waals surface area contributed by atoms with Crippen molar-refractivity contribution in [3.8, 4) is 0 Å². The largest absolute Gasteiger partial charge is 2.00 e. The first-order chi connectivity index (χ1) is 16.9. The summed E-state index contributed by atoms with van der Waals surface area (Å²) in [6.45, 7) is 4.53. The van der Waals surface area contributed by atoms with Crippen LogP contribution in [0.5, 0.6) is 0 Å². The molecule has 0 atom stereocenters. The van der Waals surface area contributed by atoms with E-state index in [0.29, 0.717) is 10.7 Å². The van der Waals surface area contributed by atoms with Crippen LogP contribution in [-0.2, 0) is 27.2 Å². The second-order valence-electron chi connectivity index (χ2n) is 8.85. The number of hydrogen-bond donors (Lipinski definition) is 1. The zero-order chi connectivity index (χ0) is 24.5. The van der Waals surface area contributed by atoms with Crippen molar-refractivity contribution in [2.45, 2.75) is 25.7 Å². The van der Waals surface area contributed by atoms with E-state index in [1.54, 1.807) is 6.07 Å². The summed E-state index contributed by atoms with van der Waals surface area (Å²) in [7, 11) is 0. The van der Waals surface area contributed by atoms with Crippen molar-refractivity contribution in [3.05, 3.63) is 52.5 Å². The van der Waals surface area contributed by atoms with E-state index in [1.165, 1.54) is 21.6 Å². The fraction of sp³-hybridized carbons (Fsp3) is 0.360. The molecule has 1 N–H and O–H groups in total. The molecule has 2 aliphatic rings. The molecule has 1 saturated heterocycles. The molecule has 2 aromatic carbocycles. The number of carboxylic acid groups (broad SMARTS) is 1. The van der Waals surface area contributed by atoms with Crippen molar-refractivity contribution in [2.75, 3.05) is 42.5 Å². The minimum absolute atomic E-state index is 0. The number of nitrogens with zero attached hydrogens (tertiary/aromatic N) is 4. The van der Waals surface area contributed by atoms with Crippen LogP contribution in [0.3, 0.4) is 0 Å². The Morgan fingerprint density at radius 1 is 1.11 bits per heavy atom. The van der Waals surface area contributed by atoms with E-state index in [2.05, 4.69) is 32.4 Å². The molecular formula is C25H27BaClN4O4S. The van der Waals surface area contributed by atoms with E-state index in [-0.39, 0.29) is 76.9 Å². The zero-order valence-corrected chi connectivity index (χ0v) is 25.8. The minimum atomic E-state index is -1.07. The van der Waals surface area contributed by atoms with Gasteiger partial charge in [0.1, 0.15) is 5.82 Å². The maximum atomic E-state index is 12.5. The normalized spacial score (nSPS) is 15.8.